The minimum Gasteiger partial charge on any atom is -0.439 e. The first-order chi connectivity index (χ1) is 12.7. The Balaban J connectivity index is 1.56. The van der Waals surface area contributed by atoms with Gasteiger partial charge in [0, 0.05) is 12.1 Å². The number of hydrogen-bond donors (Lipinski definition) is 0. The van der Waals surface area contributed by atoms with Crippen molar-refractivity contribution in [1.29, 1.82) is 0 Å². The number of ether oxygens (including phenoxy) is 1. The molecule has 4 rings (SSSR count). The quantitative estimate of drug-likeness (QED) is 0.489. The third-order valence-electron chi connectivity index (χ3n) is 4.86. The summed E-state index contributed by atoms with van der Waals surface area (Å²) in [6.07, 6.45) is 4.23. The normalized spacial score (nSPS) is 15.9. The highest BCUT2D eigenvalue weighted by atomic mass is 16.6. The van der Waals surface area contributed by atoms with E-state index in [1.165, 1.54) is 35.0 Å². The van der Waals surface area contributed by atoms with Crippen LogP contribution >= 0.6 is 0 Å². The van der Waals surface area contributed by atoms with Crippen LogP contribution in [0.2, 0.25) is 0 Å². The second-order valence-electron chi connectivity index (χ2n) is 6.46. The molecule has 130 valence electrons. The van der Waals surface area contributed by atoms with Gasteiger partial charge >= 0.3 is 0 Å². The van der Waals surface area contributed by atoms with Gasteiger partial charge in [-0.05, 0) is 47.9 Å². The van der Waals surface area contributed by atoms with E-state index in [1.807, 2.05) is 18.2 Å². The molecular formula is C21H18N2O3. The fourth-order valence-electron chi connectivity index (χ4n) is 3.53. The lowest BCUT2D eigenvalue weighted by molar-refractivity contribution is -0.385. The highest BCUT2D eigenvalue weighted by Gasteiger charge is 2.23. The van der Waals surface area contributed by atoms with E-state index in [2.05, 4.69) is 35.3 Å². The lowest BCUT2D eigenvalue weighted by Crippen LogP contribution is -2.13. The van der Waals surface area contributed by atoms with Gasteiger partial charge < -0.3 is 4.74 Å². The number of rotatable bonds is 4. The molecule has 0 radical (unpaired) electrons. The summed E-state index contributed by atoms with van der Waals surface area (Å²) < 4.78 is 5.92. The topological polar surface area (TPSA) is 65.3 Å². The molecule has 3 aromatic rings. The van der Waals surface area contributed by atoms with Gasteiger partial charge in [-0.15, -0.1) is 0 Å². The van der Waals surface area contributed by atoms with Crippen molar-refractivity contribution >= 4 is 5.69 Å². The van der Waals surface area contributed by atoms with Crippen LogP contribution in [-0.2, 0) is 12.8 Å². The molecule has 1 atom stereocenters. The summed E-state index contributed by atoms with van der Waals surface area (Å²) in [5.41, 5.74) is 3.84. The Labute approximate surface area is 151 Å². The molecule has 1 aliphatic carbocycles. The number of fused-ring (bicyclic) bond motifs is 1. The number of nitro groups is 1. The maximum absolute atomic E-state index is 10.7. The minimum absolute atomic E-state index is 0.0434. The van der Waals surface area contributed by atoms with Gasteiger partial charge in [0.05, 0.1) is 4.92 Å². The van der Waals surface area contributed by atoms with Crippen molar-refractivity contribution < 1.29 is 9.66 Å². The molecule has 0 saturated heterocycles. The Morgan fingerprint density at radius 1 is 1.04 bits per heavy atom. The predicted octanol–water partition coefficient (Wildman–Crippen LogP) is 5.05. The molecule has 0 saturated carbocycles. The SMILES string of the molecule is O=[N+]([O-])c1ccc(Oc2cccc3c2CCC(c2ccccc2)C3)nc1. The monoisotopic (exact) mass is 346 g/mol. The van der Waals surface area contributed by atoms with Gasteiger partial charge in [-0.2, -0.15) is 0 Å². The summed E-state index contributed by atoms with van der Waals surface area (Å²) in [6.45, 7) is 0. The van der Waals surface area contributed by atoms with Crippen LogP contribution in [0.5, 0.6) is 11.6 Å². The fourth-order valence-corrected chi connectivity index (χ4v) is 3.53. The molecule has 1 unspecified atom stereocenters. The molecule has 5 heteroatoms. The second-order valence-corrected chi connectivity index (χ2v) is 6.46. The van der Waals surface area contributed by atoms with Gasteiger partial charge in [0.2, 0.25) is 5.88 Å². The average molecular weight is 346 g/mol. The summed E-state index contributed by atoms with van der Waals surface area (Å²) in [7, 11) is 0. The van der Waals surface area contributed by atoms with Crippen LogP contribution in [0, 0.1) is 10.1 Å². The van der Waals surface area contributed by atoms with Crippen LogP contribution in [-0.4, -0.2) is 9.91 Å². The van der Waals surface area contributed by atoms with E-state index in [-0.39, 0.29) is 5.69 Å². The summed E-state index contributed by atoms with van der Waals surface area (Å²) in [5.74, 6) is 1.68. The number of nitrogens with zero attached hydrogens (tertiary/aromatic N) is 2. The van der Waals surface area contributed by atoms with Crippen LogP contribution in [0.3, 0.4) is 0 Å². The molecule has 26 heavy (non-hydrogen) atoms. The van der Waals surface area contributed by atoms with Gasteiger partial charge in [0.25, 0.3) is 5.69 Å². The first kappa shape index (κ1) is 16.3. The molecule has 0 spiro atoms. The van der Waals surface area contributed by atoms with Gasteiger partial charge in [-0.3, -0.25) is 10.1 Å². The second kappa shape index (κ2) is 6.96. The first-order valence-electron chi connectivity index (χ1n) is 8.65. The van der Waals surface area contributed by atoms with E-state index in [0.29, 0.717) is 11.8 Å². The van der Waals surface area contributed by atoms with Crippen molar-refractivity contribution in [3.05, 3.63) is 93.7 Å². The highest BCUT2D eigenvalue weighted by Crippen LogP contribution is 2.38. The van der Waals surface area contributed by atoms with Crippen molar-refractivity contribution in [3.63, 3.8) is 0 Å². The molecule has 0 fully saturated rings. The summed E-state index contributed by atoms with van der Waals surface area (Å²) in [4.78, 5) is 14.3. The van der Waals surface area contributed by atoms with E-state index in [1.54, 1.807) is 0 Å². The summed E-state index contributed by atoms with van der Waals surface area (Å²) in [6, 6.07) is 19.6. The molecule has 5 nitrogen and oxygen atoms in total. The zero-order valence-electron chi connectivity index (χ0n) is 14.2. The van der Waals surface area contributed by atoms with Gasteiger partial charge in [-0.1, -0.05) is 42.5 Å². The van der Waals surface area contributed by atoms with E-state index >= 15 is 0 Å². The summed E-state index contributed by atoms with van der Waals surface area (Å²) in [5, 5.41) is 10.7. The van der Waals surface area contributed by atoms with Crippen molar-refractivity contribution in [2.75, 3.05) is 0 Å². The van der Waals surface area contributed by atoms with E-state index < -0.39 is 4.92 Å². The van der Waals surface area contributed by atoms with Gasteiger partial charge in [0.1, 0.15) is 11.9 Å². The average Bonchev–Trinajstić information content (AvgIpc) is 2.69. The molecule has 0 amide bonds. The zero-order valence-corrected chi connectivity index (χ0v) is 14.2. The van der Waals surface area contributed by atoms with Crippen LogP contribution in [0.1, 0.15) is 29.0 Å². The predicted molar refractivity (Wildman–Crippen MR) is 98.6 cm³/mol. The van der Waals surface area contributed by atoms with Crippen LogP contribution in [0.25, 0.3) is 0 Å². The van der Waals surface area contributed by atoms with Crippen LogP contribution in [0.4, 0.5) is 5.69 Å². The Bertz CT molecular complexity index is 924. The molecular weight excluding hydrogens is 328 g/mol. The largest absolute Gasteiger partial charge is 0.439 e. The Morgan fingerprint density at radius 3 is 2.62 bits per heavy atom. The zero-order chi connectivity index (χ0) is 17.9. The lowest BCUT2D eigenvalue weighted by Gasteiger charge is -2.26. The lowest BCUT2D eigenvalue weighted by atomic mass is 9.80. The molecule has 0 aliphatic heterocycles. The fraction of sp³-hybridized carbons (Fsp3) is 0.190. The van der Waals surface area contributed by atoms with Gasteiger partial charge in [0.15, 0.2) is 0 Å². The van der Waals surface area contributed by atoms with Crippen LogP contribution in [0.15, 0.2) is 66.9 Å². The molecule has 0 bridgehead atoms. The Kier molecular flexibility index (Phi) is 4.35. The minimum atomic E-state index is -0.467. The molecule has 2 aromatic carbocycles. The number of pyridine rings is 1. The highest BCUT2D eigenvalue weighted by molar-refractivity contribution is 5.45. The standard InChI is InChI=1S/C21H18N2O3/c24-23(25)18-10-12-21(22-14-18)26-20-8-4-7-17-13-16(9-11-19(17)20)15-5-2-1-3-6-15/h1-8,10,12,14,16H,9,11,13H2. The summed E-state index contributed by atoms with van der Waals surface area (Å²) >= 11 is 0. The Hall–Kier alpha value is -3.21. The first-order valence-corrected chi connectivity index (χ1v) is 8.65. The molecule has 0 N–H and O–H groups in total. The molecule has 1 heterocycles. The Morgan fingerprint density at radius 2 is 1.88 bits per heavy atom. The van der Waals surface area contributed by atoms with E-state index in [9.17, 15) is 10.1 Å². The molecule has 1 aromatic heterocycles. The van der Waals surface area contributed by atoms with Gasteiger partial charge in [-0.25, -0.2) is 4.98 Å². The maximum Gasteiger partial charge on any atom is 0.287 e. The van der Waals surface area contributed by atoms with E-state index in [4.69, 9.17) is 4.74 Å². The number of hydrogen-bond acceptors (Lipinski definition) is 4. The van der Waals surface area contributed by atoms with Crippen molar-refractivity contribution in [2.45, 2.75) is 25.2 Å². The number of aromatic nitrogens is 1. The number of benzene rings is 2. The third-order valence-corrected chi connectivity index (χ3v) is 4.86. The van der Waals surface area contributed by atoms with Crippen LogP contribution < -0.4 is 4.74 Å². The van der Waals surface area contributed by atoms with Crippen molar-refractivity contribution in [2.24, 2.45) is 0 Å². The maximum atomic E-state index is 10.7. The van der Waals surface area contributed by atoms with Crippen molar-refractivity contribution in [1.82, 2.24) is 4.98 Å². The van der Waals surface area contributed by atoms with E-state index in [0.717, 1.165) is 25.0 Å². The molecule has 1 aliphatic rings. The third kappa shape index (κ3) is 3.28. The smallest absolute Gasteiger partial charge is 0.287 e. The van der Waals surface area contributed by atoms with Crippen molar-refractivity contribution in [3.8, 4) is 11.6 Å².